The smallest absolute Gasteiger partial charge is 0.0923 e. The zero-order valence-corrected chi connectivity index (χ0v) is 13.0. The van der Waals surface area contributed by atoms with E-state index in [0.29, 0.717) is 6.04 Å². The first-order valence-corrected chi connectivity index (χ1v) is 7.38. The Kier molecular flexibility index (Phi) is 4.03. The second-order valence-electron chi connectivity index (χ2n) is 6.41. The Bertz CT molecular complexity index is 457. The summed E-state index contributed by atoms with van der Waals surface area (Å²) in [6.07, 6.45) is 1.68. The SMILES string of the molecule is Cc1cc(C)c(C2(O)CCN(C(C)C)CC2)cc1C. The number of hydrogen-bond acceptors (Lipinski definition) is 2. The first-order valence-electron chi connectivity index (χ1n) is 7.38. The molecule has 0 bridgehead atoms. The van der Waals surface area contributed by atoms with Crippen molar-refractivity contribution < 1.29 is 5.11 Å². The van der Waals surface area contributed by atoms with Crippen LogP contribution in [-0.2, 0) is 5.60 Å². The molecular formula is C17H27NO. The zero-order valence-electron chi connectivity index (χ0n) is 13.0. The van der Waals surface area contributed by atoms with Crippen LogP contribution in [0.4, 0.5) is 0 Å². The van der Waals surface area contributed by atoms with E-state index in [2.05, 4.69) is 51.7 Å². The van der Waals surface area contributed by atoms with E-state index in [1.165, 1.54) is 16.7 Å². The molecule has 1 saturated heterocycles. The highest BCUT2D eigenvalue weighted by molar-refractivity contribution is 5.40. The monoisotopic (exact) mass is 261 g/mol. The molecule has 1 aliphatic rings. The molecule has 2 nitrogen and oxygen atoms in total. The zero-order chi connectivity index (χ0) is 14.2. The second kappa shape index (κ2) is 5.26. The highest BCUT2D eigenvalue weighted by Crippen LogP contribution is 2.36. The summed E-state index contributed by atoms with van der Waals surface area (Å²) in [7, 11) is 0. The predicted molar refractivity (Wildman–Crippen MR) is 80.5 cm³/mol. The van der Waals surface area contributed by atoms with E-state index in [-0.39, 0.29) is 0 Å². The minimum absolute atomic E-state index is 0.574. The van der Waals surface area contributed by atoms with Crippen LogP contribution in [0.1, 0.15) is 48.9 Å². The number of aryl methyl sites for hydroxylation is 3. The van der Waals surface area contributed by atoms with Crippen molar-refractivity contribution in [2.45, 2.75) is 59.1 Å². The third-order valence-electron chi connectivity index (χ3n) is 4.70. The molecule has 19 heavy (non-hydrogen) atoms. The molecule has 1 aliphatic heterocycles. The molecule has 0 spiro atoms. The number of benzene rings is 1. The van der Waals surface area contributed by atoms with Crippen LogP contribution in [0, 0.1) is 20.8 Å². The molecule has 2 rings (SSSR count). The van der Waals surface area contributed by atoms with Gasteiger partial charge in [-0.05, 0) is 69.7 Å². The lowest BCUT2D eigenvalue weighted by Crippen LogP contribution is -2.45. The molecule has 0 radical (unpaired) electrons. The fourth-order valence-corrected chi connectivity index (χ4v) is 3.14. The minimum atomic E-state index is -0.631. The highest BCUT2D eigenvalue weighted by Gasteiger charge is 2.35. The maximum absolute atomic E-state index is 11.0. The third kappa shape index (κ3) is 2.85. The van der Waals surface area contributed by atoms with E-state index in [1.54, 1.807) is 0 Å². The van der Waals surface area contributed by atoms with Crippen LogP contribution >= 0.6 is 0 Å². The van der Waals surface area contributed by atoms with Gasteiger partial charge in [0.05, 0.1) is 5.60 Å². The van der Waals surface area contributed by atoms with Crippen LogP contribution in [0.2, 0.25) is 0 Å². The van der Waals surface area contributed by atoms with Gasteiger partial charge in [-0.1, -0.05) is 12.1 Å². The molecule has 1 N–H and O–H groups in total. The van der Waals surface area contributed by atoms with E-state index in [4.69, 9.17) is 0 Å². The molecule has 0 amide bonds. The van der Waals surface area contributed by atoms with Gasteiger partial charge in [0.15, 0.2) is 0 Å². The second-order valence-corrected chi connectivity index (χ2v) is 6.41. The van der Waals surface area contributed by atoms with E-state index in [0.717, 1.165) is 31.5 Å². The predicted octanol–water partition coefficient (Wildman–Crippen LogP) is 3.30. The largest absolute Gasteiger partial charge is 0.385 e. The van der Waals surface area contributed by atoms with E-state index >= 15 is 0 Å². The van der Waals surface area contributed by atoms with Crippen LogP contribution in [0.15, 0.2) is 12.1 Å². The molecule has 1 aromatic carbocycles. The van der Waals surface area contributed by atoms with Crippen molar-refractivity contribution in [1.82, 2.24) is 4.90 Å². The standard InChI is InChI=1S/C17H27NO/c1-12(2)18-8-6-17(19,7-9-18)16-11-14(4)13(3)10-15(16)5/h10-12,19H,6-9H2,1-5H3. The van der Waals surface area contributed by atoms with Crippen LogP contribution < -0.4 is 0 Å². The molecule has 1 heterocycles. The van der Waals surface area contributed by atoms with Crippen LogP contribution in [0.3, 0.4) is 0 Å². The fourth-order valence-electron chi connectivity index (χ4n) is 3.14. The Labute approximate surface area is 117 Å². The molecule has 1 fully saturated rings. The Morgan fingerprint density at radius 3 is 2.05 bits per heavy atom. The Morgan fingerprint density at radius 2 is 1.53 bits per heavy atom. The lowest BCUT2D eigenvalue weighted by Gasteiger charge is -2.41. The van der Waals surface area contributed by atoms with Gasteiger partial charge in [-0.2, -0.15) is 0 Å². The van der Waals surface area contributed by atoms with Gasteiger partial charge >= 0.3 is 0 Å². The summed E-state index contributed by atoms with van der Waals surface area (Å²) in [4.78, 5) is 2.45. The summed E-state index contributed by atoms with van der Waals surface area (Å²) in [5, 5.41) is 11.0. The van der Waals surface area contributed by atoms with Gasteiger partial charge in [-0.3, -0.25) is 0 Å². The van der Waals surface area contributed by atoms with Crippen LogP contribution in [0.5, 0.6) is 0 Å². The van der Waals surface area contributed by atoms with Crippen molar-refractivity contribution in [3.8, 4) is 0 Å². The number of hydrogen-bond donors (Lipinski definition) is 1. The van der Waals surface area contributed by atoms with Gasteiger partial charge in [-0.25, -0.2) is 0 Å². The Balaban J connectivity index is 2.25. The molecular weight excluding hydrogens is 234 g/mol. The van der Waals surface area contributed by atoms with Crippen LogP contribution in [0.25, 0.3) is 0 Å². The number of aliphatic hydroxyl groups is 1. The average molecular weight is 261 g/mol. The Morgan fingerprint density at radius 1 is 1.00 bits per heavy atom. The van der Waals surface area contributed by atoms with Crippen molar-refractivity contribution in [3.05, 3.63) is 34.4 Å². The Hall–Kier alpha value is -0.860. The summed E-state index contributed by atoms with van der Waals surface area (Å²) in [6, 6.07) is 4.97. The topological polar surface area (TPSA) is 23.5 Å². The molecule has 0 saturated carbocycles. The first kappa shape index (κ1) is 14.5. The maximum atomic E-state index is 11.0. The van der Waals surface area contributed by atoms with E-state index in [1.807, 2.05) is 0 Å². The van der Waals surface area contributed by atoms with Gasteiger partial charge in [0.25, 0.3) is 0 Å². The molecule has 2 heteroatoms. The van der Waals surface area contributed by atoms with E-state index < -0.39 is 5.60 Å². The maximum Gasteiger partial charge on any atom is 0.0923 e. The highest BCUT2D eigenvalue weighted by atomic mass is 16.3. The summed E-state index contributed by atoms with van der Waals surface area (Å²) in [5.41, 5.74) is 4.32. The molecule has 0 aliphatic carbocycles. The quantitative estimate of drug-likeness (QED) is 0.883. The third-order valence-corrected chi connectivity index (χ3v) is 4.70. The number of piperidine rings is 1. The summed E-state index contributed by atoms with van der Waals surface area (Å²) in [5.74, 6) is 0. The lowest BCUT2D eigenvalue weighted by molar-refractivity contribution is -0.0328. The summed E-state index contributed by atoms with van der Waals surface area (Å²) in [6.45, 7) is 12.8. The van der Waals surface area contributed by atoms with Crippen molar-refractivity contribution in [2.24, 2.45) is 0 Å². The van der Waals surface area contributed by atoms with Gasteiger partial charge in [0.1, 0.15) is 0 Å². The van der Waals surface area contributed by atoms with Crippen molar-refractivity contribution in [3.63, 3.8) is 0 Å². The van der Waals surface area contributed by atoms with Gasteiger partial charge in [0.2, 0.25) is 0 Å². The van der Waals surface area contributed by atoms with Gasteiger partial charge < -0.3 is 10.0 Å². The molecule has 106 valence electrons. The first-order chi connectivity index (χ1) is 8.83. The lowest BCUT2D eigenvalue weighted by atomic mass is 9.80. The normalized spacial score (nSPS) is 19.9. The van der Waals surface area contributed by atoms with Crippen molar-refractivity contribution in [2.75, 3.05) is 13.1 Å². The number of nitrogens with zero attached hydrogens (tertiary/aromatic N) is 1. The van der Waals surface area contributed by atoms with Crippen molar-refractivity contribution >= 4 is 0 Å². The van der Waals surface area contributed by atoms with Crippen LogP contribution in [-0.4, -0.2) is 29.1 Å². The molecule has 0 atom stereocenters. The fraction of sp³-hybridized carbons (Fsp3) is 0.647. The van der Waals surface area contributed by atoms with Gasteiger partial charge in [-0.15, -0.1) is 0 Å². The van der Waals surface area contributed by atoms with E-state index in [9.17, 15) is 5.11 Å². The molecule has 1 aromatic rings. The summed E-state index contributed by atoms with van der Waals surface area (Å²) >= 11 is 0. The number of likely N-dealkylation sites (tertiary alicyclic amines) is 1. The molecule has 0 unspecified atom stereocenters. The van der Waals surface area contributed by atoms with Gasteiger partial charge in [0, 0.05) is 19.1 Å². The average Bonchev–Trinajstić information content (AvgIpc) is 2.34. The number of rotatable bonds is 2. The summed E-state index contributed by atoms with van der Waals surface area (Å²) < 4.78 is 0. The van der Waals surface area contributed by atoms with Crippen molar-refractivity contribution in [1.29, 1.82) is 0 Å². The molecule has 0 aromatic heterocycles. The minimum Gasteiger partial charge on any atom is -0.385 e.